The second kappa shape index (κ2) is 8.45. The molecule has 5 heteroatoms. The lowest BCUT2D eigenvalue weighted by Gasteiger charge is -2.08. The van der Waals surface area contributed by atoms with Crippen molar-refractivity contribution < 1.29 is 14.5 Å². The van der Waals surface area contributed by atoms with Crippen molar-refractivity contribution in [2.75, 3.05) is 6.61 Å². The molecule has 0 aliphatic heterocycles. The SMILES string of the molecule is CC(=O)OCCCC/C(=C\c1cc2ccccc2c2ccccc12)[N+](=O)[O-]. The smallest absolute Gasteiger partial charge is 0.302 e. The zero-order chi connectivity index (χ0) is 19.2. The molecule has 0 spiro atoms. The molecule has 0 fully saturated rings. The summed E-state index contributed by atoms with van der Waals surface area (Å²) in [6.07, 6.45) is 3.19. The minimum absolute atomic E-state index is 0.165. The molecule has 3 rings (SSSR count). The number of hydrogen-bond acceptors (Lipinski definition) is 4. The van der Waals surface area contributed by atoms with Crippen LogP contribution in [0.2, 0.25) is 0 Å². The Balaban J connectivity index is 1.93. The van der Waals surface area contributed by atoms with Crippen molar-refractivity contribution in [3.8, 4) is 0 Å². The number of rotatable bonds is 7. The van der Waals surface area contributed by atoms with Gasteiger partial charge in [0.2, 0.25) is 5.70 Å². The van der Waals surface area contributed by atoms with Crippen LogP contribution in [0, 0.1) is 10.1 Å². The molecule has 0 saturated carbocycles. The predicted octanol–water partition coefficient (Wildman–Crippen LogP) is 5.34. The summed E-state index contributed by atoms with van der Waals surface area (Å²) < 4.78 is 4.88. The van der Waals surface area contributed by atoms with Gasteiger partial charge >= 0.3 is 5.97 Å². The maximum absolute atomic E-state index is 11.5. The van der Waals surface area contributed by atoms with Crippen LogP contribution in [0.25, 0.3) is 27.6 Å². The molecular weight excluding hydrogens is 342 g/mol. The van der Waals surface area contributed by atoms with E-state index >= 15 is 0 Å². The first-order valence-corrected chi connectivity index (χ1v) is 8.95. The van der Waals surface area contributed by atoms with E-state index in [4.69, 9.17) is 4.74 Å². The van der Waals surface area contributed by atoms with Gasteiger partial charge in [0.25, 0.3) is 0 Å². The van der Waals surface area contributed by atoms with Crippen LogP contribution < -0.4 is 0 Å². The average molecular weight is 363 g/mol. The van der Waals surface area contributed by atoms with E-state index in [-0.39, 0.29) is 16.6 Å². The third-order valence-corrected chi connectivity index (χ3v) is 4.49. The van der Waals surface area contributed by atoms with Crippen LogP contribution in [0.3, 0.4) is 0 Å². The lowest BCUT2D eigenvalue weighted by atomic mass is 9.96. The second-order valence-corrected chi connectivity index (χ2v) is 6.42. The van der Waals surface area contributed by atoms with Gasteiger partial charge in [-0.15, -0.1) is 0 Å². The average Bonchev–Trinajstić information content (AvgIpc) is 2.66. The highest BCUT2D eigenvalue weighted by Crippen LogP contribution is 2.30. The molecule has 0 radical (unpaired) electrons. The third kappa shape index (κ3) is 4.50. The molecule has 0 aromatic heterocycles. The molecule has 138 valence electrons. The molecule has 0 aliphatic rings. The van der Waals surface area contributed by atoms with Gasteiger partial charge in [0.1, 0.15) is 0 Å². The Morgan fingerprint density at radius 1 is 1.04 bits per heavy atom. The molecule has 0 aliphatic carbocycles. The van der Waals surface area contributed by atoms with E-state index in [1.807, 2.05) is 48.5 Å². The standard InChI is InChI=1S/C22H21NO4/c1-16(24)27-13-7-6-9-19(23(25)26)15-18-14-17-8-2-3-10-20(17)22-12-5-4-11-21(18)22/h2-5,8,10-12,14-15H,6-7,9,13H2,1H3/b19-15+. The van der Waals surface area contributed by atoms with Crippen molar-refractivity contribution in [2.24, 2.45) is 0 Å². The zero-order valence-electron chi connectivity index (χ0n) is 15.2. The predicted molar refractivity (Wildman–Crippen MR) is 107 cm³/mol. The van der Waals surface area contributed by atoms with Crippen molar-refractivity contribution in [3.63, 3.8) is 0 Å². The van der Waals surface area contributed by atoms with Gasteiger partial charge in [0, 0.05) is 19.4 Å². The molecule has 0 heterocycles. The topological polar surface area (TPSA) is 69.4 Å². The molecule has 0 N–H and O–H groups in total. The molecule has 0 amide bonds. The van der Waals surface area contributed by atoms with Gasteiger partial charge in [-0.05, 0) is 46.0 Å². The Morgan fingerprint density at radius 2 is 1.70 bits per heavy atom. The van der Waals surface area contributed by atoms with Crippen LogP contribution in [0.15, 0.2) is 60.3 Å². The first kappa shape index (κ1) is 18.6. The molecule has 3 aromatic rings. The summed E-state index contributed by atoms with van der Waals surface area (Å²) in [7, 11) is 0. The number of unbranched alkanes of at least 4 members (excludes halogenated alkanes) is 1. The van der Waals surface area contributed by atoms with E-state index in [1.54, 1.807) is 6.08 Å². The molecule has 27 heavy (non-hydrogen) atoms. The van der Waals surface area contributed by atoms with Crippen LogP contribution in [-0.2, 0) is 9.53 Å². The van der Waals surface area contributed by atoms with Crippen LogP contribution >= 0.6 is 0 Å². The van der Waals surface area contributed by atoms with Gasteiger partial charge in [-0.2, -0.15) is 0 Å². The summed E-state index contributed by atoms with van der Waals surface area (Å²) in [4.78, 5) is 22.0. The minimum atomic E-state index is -0.331. The molecule has 0 atom stereocenters. The fourth-order valence-electron chi connectivity index (χ4n) is 3.22. The highest BCUT2D eigenvalue weighted by Gasteiger charge is 2.13. The number of ether oxygens (including phenoxy) is 1. The van der Waals surface area contributed by atoms with E-state index in [0.717, 1.165) is 27.1 Å². The summed E-state index contributed by atoms with van der Waals surface area (Å²) in [5.41, 5.74) is 1.01. The molecular formula is C22H21NO4. The Morgan fingerprint density at radius 3 is 2.41 bits per heavy atom. The van der Waals surface area contributed by atoms with Crippen molar-refractivity contribution >= 4 is 33.6 Å². The number of carbonyl (C=O) groups excluding carboxylic acids is 1. The molecule has 3 aromatic carbocycles. The number of fused-ring (bicyclic) bond motifs is 3. The van der Waals surface area contributed by atoms with Crippen molar-refractivity contribution in [3.05, 3.63) is 76.0 Å². The highest BCUT2D eigenvalue weighted by atomic mass is 16.6. The molecule has 0 unspecified atom stereocenters. The Labute approximate surface area is 157 Å². The van der Waals surface area contributed by atoms with Crippen molar-refractivity contribution in [1.29, 1.82) is 0 Å². The summed E-state index contributed by atoms with van der Waals surface area (Å²) in [6, 6.07) is 18.0. The van der Waals surface area contributed by atoms with E-state index in [0.29, 0.717) is 25.9 Å². The van der Waals surface area contributed by atoms with Crippen LogP contribution in [-0.4, -0.2) is 17.5 Å². The second-order valence-electron chi connectivity index (χ2n) is 6.42. The third-order valence-electron chi connectivity index (χ3n) is 4.49. The maximum Gasteiger partial charge on any atom is 0.302 e. The Hall–Kier alpha value is -3.21. The van der Waals surface area contributed by atoms with Gasteiger partial charge in [-0.25, -0.2) is 0 Å². The fraction of sp³-hybridized carbons (Fsp3) is 0.227. The first-order valence-electron chi connectivity index (χ1n) is 8.95. The number of nitro groups is 1. The number of nitrogens with zero attached hydrogens (tertiary/aromatic N) is 1. The summed E-state index contributed by atoms with van der Waals surface area (Å²) in [6.45, 7) is 1.65. The normalized spacial score (nSPS) is 11.7. The van der Waals surface area contributed by atoms with Crippen LogP contribution in [0.1, 0.15) is 31.7 Å². The van der Waals surface area contributed by atoms with Gasteiger partial charge in [0.05, 0.1) is 11.5 Å². The maximum atomic E-state index is 11.5. The Bertz CT molecular complexity index is 1020. The number of carbonyl (C=O) groups is 1. The molecule has 0 saturated heterocycles. The summed E-state index contributed by atoms with van der Waals surface area (Å²) in [5.74, 6) is -0.331. The van der Waals surface area contributed by atoms with Gasteiger partial charge in [-0.3, -0.25) is 14.9 Å². The first-order chi connectivity index (χ1) is 13.1. The van der Waals surface area contributed by atoms with E-state index in [1.165, 1.54) is 6.92 Å². The van der Waals surface area contributed by atoms with Crippen LogP contribution in [0.4, 0.5) is 0 Å². The zero-order valence-corrected chi connectivity index (χ0v) is 15.2. The van der Waals surface area contributed by atoms with Gasteiger partial charge in [0.15, 0.2) is 0 Å². The van der Waals surface area contributed by atoms with E-state index < -0.39 is 0 Å². The van der Waals surface area contributed by atoms with Crippen molar-refractivity contribution in [1.82, 2.24) is 0 Å². The van der Waals surface area contributed by atoms with Crippen molar-refractivity contribution in [2.45, 2.75) is 26.2 Å². The fourth-order valence-corrected chi connectivity index (χ4v) is 3.22. The molecule has 0 bridgehead atoms. The largest absolute Gasteiger partial charge is 0.466 e. The number of hydrogen-bond donors (Lipinski definition) is 0. The number of benzene rings is 3. The number of allylic oxidation sites excluding steroid dienone is 1. The van der Waals surface area contributed by atoms with E-state index in [2.05, 4.69) is 6.07 Å². The Kier molecular flexibility index (Phi) is 5.81. The minimum Gasteiger partial charge on any atom is -0.466 e. The van der Waals surface area contributed by atoms with E-state index in [9.17, 15) is 14.9 Å². The van der Waals surface area contributed by atoms with Gasteiger partial charge < -0.3 is 4.74 Å². The quantitative estimate of drug-likeness (QED) is 0.187. The highest BCUT2D eigenvalue weighted by molar-refractivity contribution is 6.10. The number of esters is 1. The summed E-state index contributed by atoms with van der Waals surface area (Å²) >= 11 is 0. The molecule has 5 nitrogen and oxygen atoms in total. The lowest BCUT2D eigenvalue weighted by molar-refractivity contribution is -0.426. The monoisotopic (exact) mass is 363 g/mol. The van der Waals surface area contributed by atoms with Crippen LogP contribution in [0.5, 0.6) is 0 Å². The van der Waals surface area contributed by atoms with Gasteiger partial charge in [-0.1, -0.05) is 48.5 Å². The summed E-state index contributed by atoms with van der Waals surface area (Å²) in [5, 5.41) is 15.8. The lowest BCUT2D eigenvalue weighted by Crippen LogP contribution is -2.02.